The topological polar surface area (TPSA) is 29.1 Å². The third kappa shape index (κ3) is 7.82. The lowest BCUT2D eigenvalue weighted by molar-refractivity contribution is -0.120. The molecule has 0 aliphatic rings. The highest BCUT2D eigenvalue weighted by Crippen LogP contribution is 2.15. The number of rotatable bonds is 4. The molecule has 2 heteroatoms. The molecule has 1 amide bonds. The number of carbonyl (C=O) groups excluding carboxylic acids is 1. The van der Waals surface area contributed by atoms with E-state index >= 15 is 0 Å². The Balaban J connectivity index is 0. The number of amides is 1. The minimum atomic E-state index is 0.0145. The molecule has 1 unspecified atom stereocenters. The summed E-state index contributed by atoms with van der Waals surface area (Å²) in [5.74, 6) is 0.0720. The molecule has 0 aromatic rings. The molecule has 13 heavy (non-hydrogen) atoms. The maximum absolute atomic E-state index is 10.8. The molecular formula is C11H25NO. The third-order valence-electron chi connectivity index (χ3n) is 2.06. The van der Waals surface area contributed by atoms with Gasteiger partial charge in [-0.2, -0.15) is 0 Å². The van der Waals surface area contributed by atoms with Gasteiger partial charge in [0.25, 0.3) is 0 Å². The molecule has 1 atom stereocenters. The van der Waals surface area contributed by atoms with Crippen molar-refractivity contribution in [1.29, 1.82) is 0 Å². The lowest BCUT2D eigenvalue weighted by Gasteiger charge is -2.28. The van der Waals surface area contributed by atoms with Gasteiger partial charge in [-0.15, -0.1) is 0 Å². The SMILES string of the molecule is CC.CCCC(C)(CC)NC(C)=O. The molecule has 1 N–H and O–H groups in total. The summed E-state index contributed by atoms with van der Waals surface area (Å²) in [5, 5.41) is 2.97. The Labute approximate surface area is 83.1 Å². The summed E-state index contributed by atoms with van der Waals surface area (Å²) < 4.78 is 0. The Kier molecular flexibility index (Phi) is 9.31. The van der Waals surface area contributed by atoms with Gasteiger partial charge < -0.3 is 5.32 Å². The molecule has 0 radical (unpaired) electrons. The van der Waals surface area contributed by atoms with Gasteiger partial charge >= 0.3 is 0 Å². The lowest BCUT2D eigenvalue weighted by atomic mass is 9.93. The highest BCUT2D eigenvalue weighted by Gasteiger charge is 2.20. The molecule has 0 fully saturated rings. The fourth-order valence-electron chi connectivity index (χ4n) is 1.30. The van der Waals surface area contributed by atoms with Crippen LogP contribution in [0, 0.1) is 0 Å². The van der Waals surface area contributed by atoms with Crippen molar-refractivity contribution in [3.63, 3.8) is 0 Å². The van der Waals surface area contributed by atoms with E-state index < -0.39 is 0 Å². The standard InChI is InChI=1S/C9H19NO.C2H6/c1-5-7-9(4,6-2)10-8(3)11;1-2/h5-7H2,1-4H3,(H,10,11);1-2H3. The second-order valence-corrected chi connectivity index (χ2v) is 3.35. The molecule has 2 nitrogen and oxygen atoms in total. The van der Waals surface area contributed by atoms with Crippen molar-refractivity contribution in [3.8, 4) is 0 Å². The van der Waals surface area contributed by atoms with E-state index in [2.05, 4.69) is 26.1 Å². The van der Waals surface area contributed by atoms with Crippen molar-refractivity contribution in [3.05, 3.63) is 0 Å². The van der Waals surface area contributed by atoms with Gasteiger partial charge in [0.1, 0.15) is 0 Å². The average Bonchev–Trinajstić information content (AvgIpc) is 2.07. The van der Waals surface area contributed by atoms with E-state index in [1.807, 2.05) is 13.8 Å². The molecule has 0 saturated heterocycles. The zero-order valence-electron chi connectivity index (χ0n) is 10.0. The van der Waals surface area contributed by atoms with Crippen LogP contribution in [0.5, 0.6) is 0 Å². The van der Waals surface area contributed by atoms with E-state index in [0.29, 0.717) is 0 Å². The fourth-order valence-corrected chi connectivity index (χ4v) is 1.30. The van der Waals surface area contributed by atoms with Crippen molar-refractivity contribution >= 4 is 5.91 Å². The number of hydrogen-bond acceptors (Lipinski definition) is 1. The van der Waals surface area contributed by atoms with Gasteiger partial charge in [0.15, 0.2) is 0 Å². The van der Waals surface area contributed by atoms with Crippen LogP contribution in [-0.4, -0.2) is 11.4 Å². The summed E-state index contributed by atoms with van der Waals surface area (Å²) in [6.07, 6.45) is 3.17. The summed E-state index contributed by atoms with van der Waals surface area (Å²) in [6, 6.07) is 0. The first-order valence-corrected chi connectivity index (χ1v) is 5.33. The van der Waals surface area contributed by atoms with Crippen molar-refractivity contribution in [1.82, 2.24) is 5.32 Å². The van der Waals surface area contributed by atoms with Crippen LogP contribution in [0.1, 0.15) is 60.8 Å². The Morgan fingerprint density at radius 1 is 1.31 bits per heavy atom. The van der Waals surface area contributed by atoms with Crippen LogP contribution in [0.2, 0.25) is 0 Å². The van der Waals surface area contributed by atoms with Gasteiger partial charge in [0.05, 0.1) is 0 Å². The highest BCUT2D eigenvalue weighted by atomic mass is 16.1. The van der Waals surface area contributed by atoms with Gasteiger partial charge in [-0.25, -0.2) is 0 Å². The summed E-state index contributed by atoms with van der Waals surface area (Å²) in [6.45, 7) is 11.9. The fraction of sp³-hybridized carbons (Fsp3) is 0.909. The van der Waals surface area contributed by atoms with Crippen LogP contribution in [0.3, 0.4) is 0 Å². The third-order valence-corrected chi connectivity index (χ3v) is 2.06. The van der Waals surface area contributed by atoms with Crippen molar-refractivity contribution in [2.75, 3.05) is 0 Å². The Bertz CT molecular complexity index is 134. The quantitative estimate of drug-likeness (QED) is 0.720. The maximum atomic E-state index is 10.8. The van der Waals surface area contributed by atoms with Gasteiger partial charge in [-0.05, 0) is 19.8 Å². The minimum absolute atomic E-state index is 0.0145. The first kappa shape index (κ1) is 15.0. The van der Waals surface area contributed by atoms with Gasteiger partial charge in [0.2, 0.25) is 5.91 Å². The molecule has 0 rings (SSSR count). The van der Waals surface area contributed by atoms with Gasteiger partial charge in [0, 0.05) is 12.5 Å². The number of carbonyl (C=O) groups is 1. The van der Waals surface area contributed by atoms with Gasteiger partial charge in [-0.3, -0.25) is 4.79 Å². The second kappa shape index (κ2) is 8.09. The van der Waals surface area contributed by atoms with Crippen LogP contribution in [0.15, 0.2) is 0 Å². The second-order valence-electron chi connectivity index (χ2n) is 3.35. The minimum Gasteiger partial charge on any atom is -0.351 e. The Morgan fingerprint density at radius 2 is 1.77 bits per heavy atom. The molecule has 0 spiro atoms. The maximum Gasteiger partial charge on any atom is 0.217 e. The predicted octanol–water partition coefficient (Wildman–Crippen LogP) is 3.12. The van der Waals surface area contributed by atoms with Crippen LogP contribution in [-0.2, 0) is 4.79 Å². The largest absolute Gasteiger partial charge is 0.351 e. The summed E-state index contributed by atoms with van der Waals surface area (Å²) in [7, 11) is 0. The van der Waals surface area contributed by atoms with Crippen molar-refractivity contribution in [2.45, 2.75) is 66.3 Å². The normalized spacial score (nSPS) is 13.7. The van der Waals surface area contributed by atoms with Crippen LogP contribution < -0.4 is 5.32 Å². The monoisotopic (exact) mass is 187 g/mol. The van der Waals surface area contributed by atoms with E-state index in [1.165, 1.54) is 0 Å². The molecule has 0 bridgehead atoms. The lowest BCUT2D eigenvalue weighted by Crippen LogP contribution is -2.44. The van der Waals surface area contributed by atoms with E-state index in [1.54, 1.807) is 6.92 Å². The van der Waals surface area contributed by atoms with E-state index in [9.17, 15) is 4.79 Å². The van der Waals surface area contributed by atoms with Crippen molar-refractivity contribution < 1.29 is 4.79 Å². The van der Waals surface area contributed by atoms with E-state index in [4.69, 9.17) is 0 Å². The van der Waals surface area contributed by atoms with E-state index in [-0.39, 0.29) is 11.4 Å². The van der Waals surface area contributed by atoms with Crippen molar-refractivity contribution in [2.24, 2.45) is 0 Å². The molecule has 0 aliphatic heterocycles. The average molecular weight is 187 g/mol. The Hall–Kier alpha value is -0.530. The van der Waals surface area contributed by atoms with Crippen LogP contribution in [0.4, 0.5) is 0 Å². The molecule has 80 valence electrons. The molecule has 0 aromatic heterocycles. The molecular weight excluding hydrogens is 162 g/mol. The molecule has 0 aliphatic carbocycles. The molecule has 0 aromatic carbocycles. The number of hydrogen-bond donors (Lipinski definition) is 1. The first-order chi connectivity index (χ1) is 6.04. The highest BCUT2D eigenvalue weighted by molar-refractivity contribution is 5.73. The zero-order valence-corrected chi connectivity index (χ0v) is 10.0. The van der Waals surface area contributed by atoms with Crippen LogP contribution in [0.25, 0.3) is 0 Å². The predicted molar refractivity (Wildman–Crippen MR) is 58.8 cm³/mol. The summed E-state index contributed by atoms with van der Waals surface area (Å²) in [5.41, 5.74) is 0.0145. The first-order valence-electron chi connectivity index (χ1n) is 5.33. The molecule has 0 heterocycles. The smallest absolute Gasteiger partial charge is 0.217 e. The Morgan fingerprint density at radius 3 is 2.00 bits per heavy atom. The van der Waals surface area contributed by atoms with Crippen LogP contribution >= 0.6 is 0 Å². The zero-order chi connectivity index (χ0) is 10.9. The summed E-state index contributed by atoms with van der Waals surface area (Å²) >= 11 is 0. The molecule has 0 saturated carbocycles. The number of nitrogens with one attached hydrogen (secondary N) is 1. The van der Waals surface area contributed by atoms with E-state index in [0.717, 1.165) is 19.3 Å². The van der Waals surface area contributed by atoms with Gasteiger partial charge in [-0.1, -0.05) is 34.1 Å². The summed E-state index contributed by atoms with van der Waals surface area (Å²) in [4.78, 5) is 10.8.